The highest BCUT2D eigenvalue weighted by molar-refractivity contribution is 5.86. The van der Waals surface area contributed by atoms with E-state index >= 15 is 0 Å². The van der Waals surface area contributed by atoms with Crippen LogP contribution in [0.4, 0.5) is 4.79 Å². The number of hydrogen-bond donors (Lipinski definition) is 4. The molecule has 7 nitrogen and oxygen atoms in total. The van der Waals surface area contributed by atoms with E-state index in [4.69, 9.17) is 0 Å². The number of rotatable bonds is 6. The minimum Gasteiger partial charge on any atom is -0.480 e. The highest BCUT2D eigenvalue weighted by atomic mass is 16.4. The third kappa shape index (κ3) is 3.83. The zero-order valence-corrected chi connectivity index (χ0v) is 11.9. The largest absolute Gasteiger partial charge is 0.480 e. The van der Waals surface area contributed by atoms with Crippen LogP contribution in [0.5, 0.6) is 0 Å². The number of amides is 2. The second-order valence-electron chi connectivity index (χ2n) is 5.75. The SMILES string of the molecule is CC(NC(=O)NCCN1CCNCC1)(C(=O)O)C1CC1. The Morgan fingerprint density at radius 3 is 2.55 bits per heavy atom. The maximum absolute atomic E-state index is 11.8. The molecule has 1 unspecified atom stereocenters. The van der Waals surface area contributed by atoms with Gasteiger partial charge in [0.1, 0.15) is 5.54 Å². The summed E-state index contributed by atoms with van der Waals surface area (Å²) in [7, 11) is 0. The number of nitrogens with one attached hydrogen (secondary N) is 3. The summed E-state index contributed by atoms with van der Waals surface area (Å²) in [6, 6.07) is -0.392. The minimum absolute atomic E-state index is 0.0546. The molecule has 0 spiro atoms. The van der Waals surface area contributed by atoms with Gasteiger partial charge < -0.3 is 21.1 Å². The first kappa shape index (κ1) is 15.1. The lowest BCUT2D eigenvalue weighted by Gasteiger charge is -2.28. The third-order valence-electron chi connectivity index (χ3n) is 4.13. The van der Waals surface area contributed by atoms with Crippen LogP contribution in [0.2, 0.25) is 0 Å². The van der Waals surface area contributed by atoms with E-state index < -0.39 is 17.5 Å². The first-order valence-electron chi connectivity index (χ1n) is 7.25. The number of nitrogens with zero attached hydrogens (tertiary/aromatic N) is 1. The van der Waals surface area contributed by atoms with Crippen LogP contribution in [0.1, 0.15) is 19.8 Å². The molecule has 2 fully saturated rings. The Bertz CT molecular complexity index is 367. The third-order valence-corrected chi connectivity index (χ3v) is 4.13. The van der Waals surface area contributed by atoms with Gasteiger partial charge in [0.05, 0.1) is 0 Å². The molecule has 0 aromatic heterocycles. The van der Waals surface area contributed by atoms with Gasteiger partial charge >= 0.3 is 12.0 Å². The molecule has 4 N–H and O–H groups in total. The number of carbonyl (C=O) groups is 2. The standard InChI is InChI=1S/C13H24N4O3/c1-13(11(18)19,10-2-3-10)16-12(20)15-6-9-17-7-4-14-5-8-17/h10,14H,2-9H2,1H3,(H,18,19)(H2,15,16,20). The van der Waals surface area contributed by atoms with Crippen LogP contribution in [0, 0.1) is 5.92 Å². The molecular weight excluding hydrogens is 260 g/mol. The van der Waals surface area contributed by atoms with Gasteiger partial charge in [-0.1, -0.05) is 0 Å². The van der Waals surface area contributed by atoms with Crippen molar-refractivity contribution in [3.8, 4) is 0 Å². The minimum atomic E-state index is -1.14. The molecule has 0 radical (unpaired) electrons. The molecule has 1 saturated heterocycles. The van der Waals surface area contributed by atoms with Crippen LogP contribution in [-0.4, -0.2) is 66.8 Å². The van der Waals surface area contributed by atoms with E-state index in [-0.39, 0.29) is 5.92 Å². The number of aliphatic carboxylic acids is 1. The molecular formula is C13H24N4O3. The molecule has 1 aliphatic heterocycles. The number of urea groups is 1. The predicted octanol–water partition coefficient (Wildman–Crippen LogP) is -0.556. The Kier molecular flexibility index (Phi) is 4.82. The number of piperazine rings is 1. The molecule has 2 aliphatic rings. The first-order valence-corrected chi connectivity index (χ1v) is 7.25. The van der Waals surface area contributed by atoms with Gasteiger partial charge in [-0.2, -0.15) is 0 Å². The molecule has 0 aromatic rings. The van der Waals surface area contributed by atoms with E-state index in [1.54, 1.807) is 6.92 Å². The van der Waals surface area contributed by atoms with E-state index in [9.17, 15) is 14.7 Å². The summed E-state index contributed by atoms with van der Waals surface area (Å²) < 4.78 is 0. The lowest BCUT2D eigenvalue weighted by Crippen LogP contribution is -2.57. The fraction of sp³-hybridized carbons (Fsp3) is 0.846. The van der Waals surface area contributed by atoms with Gasteiger partial charge in [0.15, 0.2) is 0 Å². The fourth-order valence-corrected chi connectivity index (χ4v) is 2.53. The maximum atomic E-state index is 11.8. The second-order valence-corrected chi connectivity index (χ2v) is 5.75. The molecule has 0 aromatic carbocycles. The molecule has 1 heterocycles. The summed E-state index contributed by atoms with van der Waals surface area (Å²) in [6.07, 6.45) is 1.73. The Labute approximate surface area is 119 Å². The normalized spacial score (nSPS) is 22.9. The van der Waals surface area contributed by atoms with Crippen molar-refractivity contribution in [2.75, 3.05) is 39.3 Å². The molecule has 2 amide bonds. The van der Waals surface area contributed by atoms with E-state index in [2.05, 4.69) is 20.9 Å². The van der Waals surface area contributed by atoms with Crippen molar-refractivity contribution in [3.05, 3.63) is 0 Å². The zero-order valence-electron chi connectivity index (χ0n) is 11.9. The Morgan fingerprint density at radius 2 is 2.00 bits per heavy atom. The van der Waals surface area contributed by atoms with Crippen LogP contribution >= 0.6 is 0 Å². The molecule has 1 saturated carbocycles. The van der Waals surface area contributed by atoms with Crippen molar-refractivity contribution in [2.45, 2.75) is 25.3 Å². The molecule has 1 atom stereocenters. The van der Waals surface area contributed by atoms with Crippen LogP contribution in [0.25, 0.3) is 0 Å². The summed E-state index contributed by atoms with van der Waals surface area (Å²) in [6.45, 7) is 6.84. The molecule has 114 valence electrons. The Hall–Kier alpha value is -1.34. The van der Waals surface area contributed by atoms with Gasteiger partial charge in [-0.05, 0) is 25.7 Å². The van der Waals surface area contributed by atoms with E-state index in [0.717, 1.165) is 45.6 Å². The summed E-state index contributed by atoms with van der Waals surface area (Å²) >= 11 is 0. The van der Waals surface area contributed by atoms with Gasteiger partial charge in [0.2, 0.25) is 0 Å². The van der Waals surface area contributed by atoms with Crippen molar-refractivity contribution in [1.29, 1.82) is 0 Å². The Balaban J connectivity index is 1.70. The molecule has 7 heteroatoms. The van der Waals surface area contributed by atoms with Gasteiger partial charge in [-0.15, -0.1) is 0 Å². The second kappa shape index (κ2) is 6.41. The van der Waals surface area contributed by atoms with Crippen LogP contribution in [0.3, 0.4) is 0 Å². The van der Waals surface area contributed by atoms with Crippen LogP contribution in [0.15, 0.2) is 0 Å². The molecule has 1 aliphatic carbocycles. The van der Waals surface area contributed by atoms with Gasteiger partial charge in [-0.3, -0.25) is 4.90 Å². The van der Waals surface area contributed by atoms with Crippen molar-refractivity contribution >= 4 is 12.0 Å². The first-order chi connectivity index (χ1) is 9.52. The van der Waals surface area contributed by atoms with Crippen LogP contribution < -0.4 is 16.0 Å². The van der Waals surface area contributed by atoms with Crippen LogP contribution in [-0.2, 0) is 4.79 Å². The van der Waals surface area contributed by atoms with Gasteiger partial charge in [0.25, 0.3) is 0 Å². The fourth-order valence-electron chi connectivity index (χ4n) is 2.53. The predicted molar refractivity (Wildman–Crippen MR) is 74.6 cm³/mol. The Morgan fingerprint density at radius 1 is 1.35 bits per heavy atom. The van der Waals surface area contributed by atoms with Gasteiger partial charge in [-0.25, -0.2) is 9.59 Å². The quantitative estimate of drug-likeness (QED) is 0.525. The summed E-state index contributed by atoms with van der Waals surface area (Å²) in [5.41, 5.74) is -1.14. The van der Waals surface area contributed by atoms with Crippen molar-refractivity contribution in [3.63, 3.8) is 0 Å². The highest BCUT2D eigenvalue weighted by Gasteiger charge is 2.48. The van der Waals surface area contributed by atoms with E-state index in [0.29, 0.717) is 6.54 Å². The van der Waals surface area contributed by atoms with Crippen molar-refractivity contribution in [1.82, 2.24) is 20.9 Å². The monoisotopic (exact) mass is 284 g/mol. The molecule has 0 bridgehead atoms. The smallest absolute Gasteiger partial charge is 0.329 e. The highest BCUT2D eigenvalue weighted by Crippen LogP contribution is 2.39. The molecule has 2 rings (SSSR count). The number of carboxylic acid groups (broad SMARTS) is 1. The zero-order chi connectivity index (χ0) is 14.6. The average Bonchev–Trinajstić information content (AvgIpc) is 3.24. The van der Waals surface area contributed by atoms with Crippen molar-refractivity contribution in [2.24, 2.45) is 5.92 Å². The summed E-state index contributed by atoms with van der Waals surface area (Å²) in [5.74, 6) is -0.906. The molecule has 20 heavy (non-hydrogen) atoms. The number of carbonyl (C=O) groups excluding carboxylic acids is 1. The summed E-state index contributed by atoms with van der Waals surface area (Å²) in [4.78, 5) is 25.4. The maximum Gasteiger partial charge on any atom is 0.329 e. The average molecular weight is 284 g/mol. The number of carboxylic acids is 1. The van der Waals surface area contributed by atoms with E-state index in [1.165, 1.54) is 0 Å². The van der Waals surface area contributed by atoms with E-state index in [1.807, 2.05) is 0 Å². The summed E-state index contributed by atoms with van der Waals surface area (Å²) in [5, 5.41) is 17.9. The van der Waals surface area contributed by atoms with Crippen molar-refractivity contribution < 1.29 is 14.7 Å². The number of hydrogen-bond acceptors (Lipinski definition) is 4. The topological polar surface area (TPSA) is 93.7 Å². The van der Waals surface area contributed by atoms with Gasteiger partial charge in [0, 0.05) is 39.3 Å². The lowest BCUT2D eigenvalue weighted by molar-refractivity contribution is -0.144. The lowest BCUT2D eigenvalue weighted by atomic mass is 9.96.